The van der Waals surface area contributed by atoms with Crippen LogP contribution >= 0.6 is 0 Å². The second-order valence-electron chi connectivity index (χ2n) is 9.00. The van der Waals surface area contributed by atoms with Gasteiger partial charge in [-0.05, 0) is 33.6 Å². The monoisotopic (exact) mass is 476 g/mol. The minimum atomic E-state index is -1.17. The number of carbonyl (C=O) groups is 2. The molecule has 2 aromatic rings. The molecule has 1 amide bonds. The van der Waals surface area contributed by atoms with Crippen molar-refractivity contribution in [3.8, 4) is 0 Å². The van der Waals surface area contributed by atoms with Gasteiger partial charge in [-0.1, -0.05) is 0 Å². The quantitative estimate of drug-likeness (QED) is 0.644. The molecule has 0 saturated carbocycles. The van der Waals surface area contributed by atoms with Crippen LogP contribution in [0.5, 0.6) is 0 Å². The third kappa shape index (κ3) is 4.03. The number of amides is 1. The van der Waals surface area contributed by atoms with Crippen LogP contribution in [0.3, 0.4) is 0 Å². The minimum absolute atomic E-state index is 0.102. The van der Waals surface area contributed by atoms with Crippen molar-refractivity contribution in [2.75, 3.05) is 25.0 Å². The van der Waals surface area contributed by atoms with E-state index in [1.807, 2.05) is 0 Å². The molecule has 0 aromatic carbocycles. The molecule has 34 heavy (non-hydrogen) atoms. The number of anilines is 1. The number of aromatic nitrogens is 4. The molecule has 2 N–H and O–H groups in total. The Bertz CT molecular complexity index is 1080. The van der Waals surface area contributed by atoms with Crippen LogP contribution in [0.15, 0.2) is 12.7 Å². The van der Waals surface area contributed by atoms with E-state index < -0.39 is 36.3 Å². The van der Waals surface area contributed by atoms with Crippen molar-refractivity contribution in [2.24, 2.45) is 0 Å². The lowest BCUT2D eigenvalue weighted by atomic mass is 10.1. The summed E-state index contributed by atoms with van der Waals surface area (Å²) >= 11 is 0. The number of fused-ring (bicyclic) bond motifs is 2. The van der Waals surface area contributed by atoms with Crippen LogP contribution < -0.4 is 5.32 Å². The van der Waals surface area contributed by atoms with E-state index in [0.29, 0.717) is 36.7 Å². The summed E-state index contributed by atoms with van der Waals surface area (Å²) in [5, 5.41) is 13.0. The highest BCUT2D eigenvalue weighted by molar-refractivity contribution is 5.83. The van der Waals surface area contributed by atoms with Gasteiger partial charge in [0.2, 0.25) is 0 Å². The lowest BCUT2D eigenvalue weighted by Gasteiger charge is -2.31. The highest BCUT2D eigenvalue weighted by Crippen LogP contribution is 2.44. The SMILES string of the molecule is CCOC(=O)N1CCC(Nc2ncnc3c2ncn3[C@@H]2O[C@H](C(=O)O)[C@H]3OC(C)(C)O[C@H]32)CC1. The predicted octanol–water partition coefficient (Wildman–Crippen LogP) is 1.36. The molecule has 0 unspecified atom stereocenters. The second kappa shape index (κ2) is 8.64. The van der Waals surface area contributed by atoms with Crippen LogP contribution in [0.25, 0.3) is 11.2 Å². The lowest BCUT2D eigenvalue weighted by molar-refractivity contribution is -0.202. The molecular formula is C21H28N6O7. The van der Waals surface area contributed by atoms with Gasteiger partial charge in [0.1, 0.15) is 18.5 Å². The molecule has 13 heteroatoms. The summed E-state index contributed by atoms with van der Waals surface area (Å²) in [6.45, 7) is 6.79. The lowest BCUT2D eigenvalue weighted by Crippen LogP contribution is -2.42. The van der Waals surface area contributed by atoms with Gasteiger partial charge in [0.25, 0.3) is 0 Å². The molecule has 3 fully saturated rings. The number of carboxylic acid groups (broad SMARTS) is 1. The fraction of sp³-hybridized carbons (Fsp3) is 0.667. The average Bonchev–Trinajstić information content (AvgIpc) is 3.45. The van der Waals surface area contributed by atoms with Crippen molar-refractivity contribution >= 4 is 29.0 Å². The zero-order chi connectivity index (χ0) is 24.0. The fourth-order valence-corrected chi connectivity index (χ4v) is 4.76. The maximum absolute atomic E-state index is 11.9. The number of likely N-dealkylation sites (tertiary alicyclic amines) is 1. The molecule has 13 nitrogen and oxygen atoms in total. The fourth-order valence-electron chi connectivity index (χ4n) is 4.76. The molecule has 184 valence electrons. The first-order chi connectivity index (χ1) is 16.3. The molecular weight excluding hydrogens is 448 g/mol. The van der Waals surface area contributed by atoms with Gasteiger partial charge in [-0.2, -0.15) is 0 Å². The van der Waals surface area contributed by atoms with Crippen LogP contribution in [0.1, 0.15) is 39.8 Å². The summed E-state index contributed by atoms with van der Waals surface area (Å²) in [6.07, 6.45) is 0.835. The third-order valence-corrected chi connectivity index (χ3v) is 6.27. The molecule has 3 aliphatic rings. The van der Waals surface area contributed by atoms with Crippen molar-refractivity contribution < 1.29 is 33.6 Å². The summed E-state index contributed by atoms with van der Waals surface area (Å²) < 4.78 is 24.3. The molecule has 5 rings (SSSR count). The number of aliphatic carboxylic acids is 1. The van der Waals surface area contributed by atoms with E-state index in [1.54, 1.807) is 36.6 Å². The second-order valence-corrected chi connectivity index (χ2v) is 9.00. The maximum Gasteiger partial charge on any atom is 0.409 e. The standard InChI is InChI=1S/C21H28N6O7/c1-4-31-20(30)26-7-5-11(6-8-26)25-16-12-17(23-9-22-16)27(10-24-12)18-14-13(15(32-18)19(28)29)33-21(2,3)34-14/h9-11,13-15,18H,4-8H2,1-3H3,(H,28,29)(H,22,23,25)/t13-,14+,15-,18+/m0/s1. The number of carboxylic acids is 1. The Morgan fingerprint density at radius 2 is 1.94 bits per heavy atom. The molecule has 0 aliphatic carbocycles. The van der Waals surface area contributed by atoms with Crippen molar-refractivity contribution in [3.63, 3.8) is 0 Å². The van der Waals surface area contributed by atoms with Gasteiger partial charge in [-0.15, -0.1) is 0 Å². The number of ether oxygens (including phenoxy) is 4. The number of hydrogen-bond acceptors (Lipinski definition) is 10. The van der Waals surface area contributed by atoms with Crippen LogP contribution in [0.2, 0.25) is 0 Å². The maximum atomic E-state index is 11.9. The highest BCUT2D eigenvalue weighted by Gasteiger charge is 2.58. The third-order valence-electron chi connectivity index (χ3n) is 6.27. The average molecular weight is 476 g/mol. The first-order valence-corrected chi connectivity index (χ1v) is 11.4. The van der Waals surface area contributed by atoms with Crippen molar-refractivity contribution in [3.05, 3.63) is 12.7 Å². The number of hydrogen-bond donors (Lipinski definition) is 2. The number of rotatable bonds is 5. The van der Waals surface area contributed by atoms with Gasteiger partial charge in [-0.3, -0.25) is 4.57 Å². The first-order valence-electron chi connectivity index (χ1n) is 11.4. The van der Waals surface area contributed by atoms with Crippen LogP contribution in [0.4, 0.5) is 10.6 Å². The molecule has 5 heterocycles. The Hall–Kier alpha value is -3.03. The Morgan fingerprint density at radius 3 is 2.65 bits per heavy atom. The Morgan fingerprint density at radius 1 is 1.21 bits per heavy atom. The number of nitrogens with one attached hydrogen (secondary N) is 1. The van der Waals surface area contributed by atoms with E-state index in [2.05, 4.69) is 20.3 Å². The normalized spacial score (nSPS) is 28.7. The molecule has 0 radical (unpaired) electrons. The summed E-state index contributed by atoms with van der Waals surface area (Å²) in [5.41, 5.74) is 1.02. The van der Waals surface area contributed by atoms with Crippen molar-refractivity contribution in [1.82, 2.24) is 24.4 Å². The van der Waals surface area contributed by atoms with Gasteiger partial charge in [-0.25, -0.2) is 24.5 Å². The van der Waals surface area contributed by atoms with E-state index >= 15 is 0 Å². The van der Waals surface area contributed by atoms with Gasteiger partial charge < -0.3 is 34.3 Å². The van der Waals surface area contributed by atoms with Crippen LogP contribution in [-0.2, 0) is 23.7 Å². The minimum Gasteiger partial charge on any atom is -0.479 e. The number of carbonyl (C=O) groups excluding carboxylic acids is 1. The van der Waals surface area contributed by atoms with Crippen molar-refractivity contribution in [2.45, 2.75) is 70.0 Å². The number of piperidine rings is 1. The number of imidazole rings is 1. The zero-order valence-corrected chi connectivity index (χ0v) is 19.2. The van der Waals surface area contributed by atoms with Crippen LogP contribution in [0, 0.1) is 0 Å². The molecule has 0 bridgehead atoms. The molecule has 0 spiro atoms. The molecule has 2 aromatic heterocycles. The largest absolute Gasteiger partial charge is 0.479 e. The summed E-state index contributed by atoms with van der Waals surface area (Å²) in [4.78, 5) is 38.6. The zero-order valence-electron chi connectivity index (χ0n) is 19.2. The predicted molar refractivity (Wildman–Crippen MR) is 116 cm³/mol. The van der Waals surface area contributed by atoms with Gasteiger partial charge in [0.05, 0.1) is 12.9 Å². The van der Waals surface area contributed by atoms with E-state index in [4.69, 9.17) is 18.9 Å². The smallest absolute Gasteiger partial charge is 0.409 e. The van der Waals surface area contributed by atoms with Gasteiger partial charge >= 0.3 is 12.1 Å². The van der Waals surface area contributed by atoms with Crippen LogP contribution in [-0.4, -0.2) is 91.4 Å². The van der Waals surface area contributed by atoms with Crippen molar-refractivity contribution in [1.29, 1.82) is 0 Å². The summed E-state index contributed by atoms with van der Waals surface area (Å²) in [5.74, 6) is -1.48. The Labute approximate surface area is 195 Å². The molecule has 3 aliphatic heterocycles. The molecule has 3 saturated heterocycles. The van der Waals surface area contributed by atoms with E-state index in [0.717, 1.165) is 12.8 Å². The first kappa shape index (κ1) is 22.7. The van der Waals surface area contributed by atoms with Gasteiger partial charge in [0, 0.05) is 19.1 Å². The number of nitrogens with zero attached hydrogens (tertiary/aromatic N) is 5. The topological polar surface area (TPSA) is 150 Å². The Kier molecular flexibility index (Phi) is 5.78. The van der Waals surface area contributed by atoms with Gasteiger partial charge in [0.15, 0.2) is 35.1 Å². The summed E-state index contributed by atoms with van der Waals surface area (Å²) in [7, 11) is 0. The van der Waals surface area contributed by atoms with E-state index in [1.165, 1.54) is 6.33 Å². The van der Waals surface area contributed by atoms with E-state index in [9.17, 15) is 14.7 Å². The summed E-state index contributed by atoms with van der Waals surface area (Å²) in [6, 6.07) is 0.102. The Balaban J connectivity index is 1.34. The highest BCUT2D eigenvalue weighted by atomic mass is 16.8. The van der Waals surface area contributed by atoms with E-state index in [-0.39, 0.29) is 12.1 Å². The molecule has 4 atom stereocenters.